The van der Waals surface area contributed by atoms with Crippen molar-refractivity contribution < 1.29 is 9.59 Å². The summed E-state index contributed by atoms with van der Waals surface area (Å²) < 4.78 is 0. The molecule has 0 unspecified atom stereocenters. The number of hydrogen-bond donors (Lipinski definition) is 1. The molecule has 3 rings (SSSR count). The number of benzene rings is 1. The number of carbonyl (C=O) groups is 2. The third-order valence-electron chi connectivity index (χ3n) is 6.14. The monoisotopic (exact) mass is 415 g/mol. The van der Waals surface area contributed by atoms with Gasteiger partial charge in [0.1, 0.15) is 0 Å². The number of amides is 2. The second-order valence-corrected chi connectivity index (χ2v) is 8.54. The first-order valence-electron chi connectivity index (χ1n) is 11.3. The highest BCUT2D eigenvalue weighted by molar-refractivity contribution is 5.94. The number of piperazine rings is 1. The molecular formula is C23H37N5O2. The van der Waals surface area contributed by atoms with Gasteiger partial charge >= 0.3 is 0 Å². The normalized spacial score (nSPS) is 19.1. The van der Waals surface area contributed by atoms with Gasteiger partial charge in [-0.05, 0) is 51.5 Å². The van der Waals surface area contributed by atoms with Crippen molar-refractivity contribution >= 4 is 17.5 Å². The lowest BCUT2D eigenvalue weighted by Gasteiger charge is -2.38. The van der Waals surface area contributed by atoms with Gasteiger partial charge in [-0.25, -0.2) is 0 Å². The van der Waals surface area contributed by atoms with Crippen LogP contribution < -0.4 is 10.2 Å². The van der Waals surface area contributed by atoms with Crippen LogP contribution in [0, 0.1) is 0 Å². The van der Waals surface area contributed by atoms with E-state index in [1.807, 2.05) is 24.0 Å². The smallest absolute Gasteiger partial charge is 0.253 e. The van der Waals surface area contributed by atoms with Crippen molar-refractivity contribution in [1.29, 1.82) is 0 Å². The van der Waals surface area contributed by atoms with Gasteiger partial charge in [-0.3, -0.25) is 19.4 Å². The Morgan fingerprint density at radius 2 is 1.63 bits per heavy atom. The van der Waals surface area contributed by atoms with Crippen molar-refractivity contribution in [3.63, 3.8) is 0 Å². The summed E-state index contributed by atoms with van der Waals surface area (Å²) >= 11 is 0. The molecule has 7 nitrogen and oxygen atoms in total. The summed E-state index contributed by atoms with van der Waals surface area (Å²) in [5, 5.41) is 2.85. The van der Waals surface area contributed by atoms with Gasteiger partial charge in [-0.2, -0.15) is 0 Å². The number of nitrogens with one attached hydrogen (secondary N) is 1. The fourth-order valence-electron chi connectivity index (χ4n) is 4.28. The van der Waals surface area contributed by atoms with Crippen LogP contribution in [0.5, 0.6) is 0 Å². The third-order valence-corrected chi connectivity index (χ3v) is 6.14. The molecule has 0 aromatic heterocycles. The number of nitrogens with zero attached hydrogens (tertiary/aromatic N) is 4. The van der Waals surface area contributed by atoms with Gasteiger partial charge in [0.25, 0.3) is 5.91 Å². The van der Waals surface area contributed by atoms with E-state index in [9.17, 15) is 9.59 Å². The highest BCUT2D eigenvalue weighted by atomic mass is 16.2. The van der Waals surface area contributed by atoms with Crippen LogP contribution >= 0.6 is 0 Å². The zero-order valence-corrected chi connectivity index (χ0v) is 18.8. The highest BCUT2D eigenvalue weighted by Crippen LogP contribution is 2.19. The largest absolute Gasteiger partial charge is 0.369 e. The molecule has 2 fully saturated rings. The summed E-state index contributed by atoms with van der Waals surface area (Å²) in [7, 11) is 0. The van der Waals surface area contributed by atoms with Gasteiger partial charge in [0.05, 0.1) is 6.54 Å². The molecule has 2 aliphatic rings. The summed E-state index contributed by atoms with van der Waals surface area (Å²) in [4.78, 5) is 33.8. The summed E-state index contributed by atoms with van der Waals surface area (Å²) in [6, 6.07) is 8.68. The van der Waals surface area contributed by atoms with Crippen molar-refractivity contribution in [1.82, 2.24) is 20.0 Å². The van der Waals surface area contributed by atoms with Crippen LogP contribution in [-0.4, -0.2) is 98.0 Å². The lowest BCUT2D eigenvalue weighted by atomic mass is 10.1. The Labute approximate surface area is 181 Å². The molecule has 166 valence electrons. The molecule has 30 heavy (non-hydrogen) atoms. The number of hydrogen-bond acceptors (Lipinski definition) is 5. The molecule has 2 amide bonds. The standard InChI is InChI=1S/C23H37N5O2/c1-4-24-22(29)18-25-10-5-11-28(13-12-25)23(30)20-6-8-21(9-7-20)27-16-14-26(15-17-27)19(2)3/h6-9,19H,4-5,10-18H2,1-3H3,(H,24,29). The Morgan fingerprint density at radius 3 is 2.27 bits per heavy atom. The lowest BCUT2D eigenvalue weighted by Crippen LogP contribution is -2.48. The van der Waals surface area contributed by atoms with Gasteiger partial charge in [0.15, 0.2) is 0 Å². The van der Waals surface area contributed by atoms with Crippen LogP contribution in [-0.2, 0) is 4.79 Å². The Bertz CT molecular complexity index is 698. The average molecular weight is 416 g/mol. The van der Waals surface area contributed by atoms with E-state index in [1.54, 1.807) is 0 Å². The van der Waals surface area contributed by atoms with Crippen LogP contribution in [0.3, 0.4) is 0 Å². The van der Waals surface area contributed by atoms with E-state index in [2.05, 4.69) is 46.0 Å². The topological polar surface area (TPSA) is 59.1 Å². The van der Waals surface area contributed by atoms with E-state index in [-0.39, 0.29) is 11.8 Å². The van der Waals surface area contributed by atoms with Crippen molar-refractivity contribution in [3.8, 4) is 0 Å². The number of anilines is 1. The van der Waals surface area contributed by atoms with Crippen molar-refractivity contribution in [2.75, 3.05) is 70.3 Å². The second-order valence-electron chi connectivity index (χ2n) is 8.54. The van der Waals surface area contributed by atoms with Crippen LogP contribution in [0.25, 0.3) is 0 Å². The van der Waals surface area contributed by atoms with E-state index in [0.29, 0.717) is 25.7 Å². The minimum absolute atomic E-state index is 0.0575. The highest BCUT2D eigenvalue weighted by Gasteiger charge is 2.22. The van der Waals surface area contributed by atoms with E-state index in [1.165, 1.54) is 5.69 Å². The summed E-state index contributed by atoms with van der Waals surface area (Å²) in [6.45, 7) is 14.7. The van der Waals surface area contributed by atoms with Crippen LogP contribution in [0.1, 0.15) is 37.6 Å². The number of likely N-dealkylation sites (N-methyl/N-ethyl adjacent to an activating group) is 1. The first kappa shape index (κ1) is 22.6. The van der Waals surface area contributed by atoms with Gasteiger partial charge in [-0.15, -0.1) is 0 Å². The Balaban J connectivity index is 1.52. The Hall–Kier alpha value is -2.12. The number of carbonyl (C=O) groups excluding carboxylic acids is 2. The summed E-state index contributed by atoms with van der Waals surface area (Å²) in [6.07, 6.45) is 0.892. The van der Waals surface area contributed by atoms with Crippen molar-refractivity contribution in [2.45, 2.75) is 33.2 Å². The van der Waals surface area contributed by atoms with Crippen LogP contribution in [0.2, 0.25) is 0 Å². The Kier molecular flexibility index (Phi) is 8.10. The maximum absolute atomic E-state index is 13.0. The molecule has 0 radical (unpaired) electrons. The number of rotatable bonds is 6. The first-order chi connectivity index (χ1) is 14.5. The maximum Gasteiger partial charge on any atom is 0.253 e. The van der Waals surface area contributed by atoms with Crippen LogP contribution in [0.15, 0.2) is 24.3 Å². The van der Waals surface area contributed by atoms with E-state index in [4.69, 9.17) is 0 Å². The molecule has 1 aromatic rings. The van der Waals surface area contributed by atoms with Crippen molar-refractivity contribution in [2.24, 2.45) is 0 Å². The van der Waals surface area contributed by atoms with Gasteiger partial charge in [0.2, 0.25) is 5.91 Å². The molecule has 1 N–H and O–H groups in total. The minimum Gasteiger partial charge on any atom is -0.369 e. The minimum atomic E-state index is 0.0575. The van der Waals surface area contributed by atoms with E-state index < -0.39 is 0 Å². The Morgan fingerprint density at radius 1 is 0.933 bits per heavy atom. The zero-order chi connectivity index (χ0) is 21.5. The second kappa shape index (κ2) is 10.8. The van der Waals surface area contributed by atoms with Gasteiger partial charge in [0, 0.05) is 76.2 Å². The quantitative estimate of drug-likeness (QED) is 0.763. The summed E-state index contributed by atoms with van der Waals surface area (Å²) in [5.41, 5.74) is 1.94. The molecular weight excluding hydrogens is 378 g/mol. The third kappa shape index (κ3) is 5.95. The molecule has 2 heterocycles. The molecule has 0 atom stereocenters. The van der Waals surface area contributed by atoms with Gasteiger partial charge in [-0.1, -0.05) is 0 Å². The van der Waals surface area contributed by atoms with E-state index >= 15 is 0 Å². The molecule has 7 heteroatoms. The molecule has 2 saturated heterocycles. The molecule has 1 aromatic carbocycles. The SMILES string of the molecule is CCNC(=O)CN1CCCN(C(=O)c2ccc(N3CCN(C(C)C)CC3)cc2)CC1. The predicted molar refractivity (Wildman–Crippen MR) is 121 cm³/mol. The lowest BCUT2D eigenvalue weighted by molar-refractivity contribution is -0.122. The van der Waals surface area contributed by atoms with Crippen LogP contribution in [0.4, 0.5) is 5.69 Å². The molecule has 0 saturated carbocycles. The van der Waals surface area contributed by atoms with Crippen molar-refractivity contribution in [3.05, 3.63) is 29.8 Å². The fourth-order valence-corrected chi connectivity index (χ4v) is 4.28. The molecule has 0 bridgehead atoms. The maximum atomic E-state index is 13.0. The van der Waals surface area contributed by atoms with Gasteiger partial charge < -0.3 is 15.1 Å². The predicted octanol–water partition coefficient (Wildman–Crippen LogP) is 1.50. The summed E-state index contributed by atoms with van der Waals surface area (Å²) in [5.74, 6) is 0.146. The average Bonchev–Trinajstić information content (AvgIpc) is 2.99. The first-order valence-corrected chi connectivity index (χ1v) is 11.3. The zero-order valence-electron chi connectivity index (χ0n) is 18.8. The fraction of sp³-hybridized carbons (Fsp3) is 0.652. The molecule has 0 spiro atoms. The molecule has 0 aliphatic carbocycles. The molecule has 2 aliphatic heterocycles. The van der Waals surface area contributed by atoms with E-state index in [0.717, 1.165) is 57.8 Å².